The average Bonchev–Trinajstić information content (AvgIpc) is 2.53. The van der Waals surface area contributed by atoms with E-state index in [4.69, 9.17) is 0 Å². The summed E-state index contributed by atoms with van der Waals surface area (Å²) < 4.78 is 0. The first-order valence-electron chi connectivity index (χ1n) is 7.49. The van der Waals surface area contributed by atoms with Gasteiger partial charge in [-0.1, -0.05) is 0 Å². The Kier molecular flexibility index (Phi) is 5.07. The van der Waals surface area contributed by atoms with E-state index in [1.807, 2.05) is 6.92 Å². The largest absolute Gasteiger partial charge is 0.357 e. The number of piperazine rings is 1. The lowest BCUT2D eigenvalue weighted by atomic mass is 10.1. The first kappa shape index (κ1) is 16.4. The highest BCUT2D eigenvalue weighted by Crippen LogP contribution is 2.15. The van der Waals surface area contributed by atoms with Crippen molar-refractivity contribution in [3.05, 3.63) is 23.8 Å². The van der Waals surface area contributed by atoms with Crippen molar-refractivity contribution < 1.29 is 9.59 Å². The van der Waals surface area contributed by atoms with Crippen LogP contribution in [0.1, 0.15) is 30.0 Å². The van der Waals surface area contributed by atoms with Crippen LogP contribution < -0.4 is 5.32 Å². The summed E-state index contributed by atoms with van der Waals surface area (Å²) >= 11 is 0. The summed E-state index contributed by atoms with van der Waals surface area (Å²) in [6.07, 6.45) is 3.03. The van der Waals surface area contributed by atoms with Crippen LogP contribution in [-0.4, -0.2) is 70.3 Å². The van der Waals surface area contributed by atoms with Crippen LogP contribution in [0.15, 0.2) is 12.4 Å². The van der Waals surface area contributed by atoms with Gasteiger partial charge in [0.15, 0.2) is 0 Å². The van der Waals surface area contributed by atoms with Gasteiger partial charge in [-0.15, -0.1) is 0 Å². The van der Waals surface area contributed by atoms with E-state index >= 15 is 0 Å². The van der Waals surface area contributed by atoms with Gasteiger partial charge in [0.05, 0.1) is 11.9 Å². The quantitative estimate of drug-likeness (QED) is 0.855. The monoisotopic (exact) mass is 305 g/mol. The fourth-order valence-electron chi connectivity index (χ4n) is 2.56. The molecule has 0 saturated carbocycles. The van der Waals surface area contributed by atoms with Gasteiger partial charge >= 0.3 is 0 Å². The van der Waals surface area contributed by atoms with E-state index in [-0.39, 0.29) is 17.5 Å². The molecule has 7 heteroatoms. The molecule has 1 aromatic rings. The summed E-state index contributed by atoms with van der Waals surface area (Å²) in [6.45, 7) is 7.77. The lowest BCUT2D eigenvalue weighted by Gasteiger charge is -2.41. The number of carbonyl (C=O) groups excluding carboxylic acids is 2. The van der Waals surface area contributed by atoms with Crippen LogP contribution in [0.4, 0.5) is 0 Å². The summed E-state index contributed by atoms with van der Waals surface area (Å²) in [5, 5.41) is 2.64. The molecule has 1 saturated heterocycles. The minimum atomic E-state index is -0.503. The fraction of sp³-hybridized carbons (Fsp3) is 0.600. The van der Waals surface area contributed by atoms with Crippen molar-refractivity contribution in [2.45, 2.75) is 32.9 Å². The lowest BCUT2D eigenvalue weighted by molar-refractivity contribution is -0.127. The van der Waals surface area contributed by atoms with Gasteiger partial charge in [0, 0.05) is 38.9 Å². The third kappa shape index (κ3) is 3.41. The predicted octanol–water partition coefficient (Wildman–Crippen LogP) is 0.0658. The molecule has 2 heterocycles. The molecule has 0 aromatic carbocycles. The molecule has 1 aliphatic heterocycles. The van der Waals surface area contributed by atoms with Crippen molar-refractivity contribution in [1.29, 1.82) is 0 Å². The minimum Gasteiger partial charge on any atom is -0.357 e. The molecule has 1 aromatic heterocycles. The highest BCUT2D eigenvalue weighted by Gasteiger charge is 2.36. The Morgan fingerprint density at radius 3 is 2.55 bits per heavy atom. The molecular formula is C15H23N5O2. The Morgan fingerprint density at radius 2 is 2.00 bits per heavy atom. The maximum Gasteiger partial charge on any atom is 0.274 e. The Labute approximate surface area is 130 Å². The van der Waals surface area contributed by atoms with Crippen LogP contribution in [0.3, 0.4) is 0 Å². The van der Waals surface area contributed by atoms with Crippen LogP contribution in [0.25, 0.3) is 0 Å². The van der Waals surface area contributed by atoms with Crippen molar-refractivity contribution >= 4 is 11.8 Å². The van der Waals surface area contributed by atoms with Gasteiger partial charge in [-0.2, -0.15) is 0 Å². The molecule has 1 aliphatic rings. The van der Waals surface area contributed by atoms with Gasteiger partial charge in [-0.05, 0) is 20.8 Å². The number of carbonyl (C=O) groups is 2. The van der Waals surface area contributed by atoms with E-state index in [0.29, 0.717) is 19.1 Å². The van der Waals surface area contributed by atoms with Crippen LogP contribution in [-0.2, 0) is 4.79 Å². The third-order valence-electron chi connectivity index (χ3n) is 3.95. The van der Waals surface area contributed by atoms with Gasteiger partial charge in [-0.3, -0.25) is 19.5 Å². The first-order valence-corrected chi connectivity index (χ1v) is 7.49. The molecule has 7 nitrogen and oxygen atoms in total. The first-order chi connectivity index (χ1) is 10.4. The minimum absolute atomic E-state index is 0.154. The van der Waals surface area contributed by atoms with Gasteiger partial charge in [0.25, 0.3) is 5.91 Å². The summed E-state index contributed by atoms with van der Waals surface area (Å²) in [5.41, 5.74) is 1.03. The van der Waals surface area contributed by atoms with E-state index in [9.17, 15) is 9.59 Å². The summed E-state index contributed by atoms with van der Waals surface area (Å²) in [4.78, 5) is 36.8. The highest BCUT2D eigenvalue weighted by atomic mass is 16.2. The normalized spacial score (nSPS) is 19.3. The van der Waals surface area contributed by atoms with Crippen LogP contribution in [0.5, 0.6) is 0 Å². The molecule has 0 spiro atoms. The average molecular weight is 305 g/mol. The number of nitrogens with one attached hydrogen (secondary N) is 1. The van der Waals surface area contributed by atoms with Crippen molar-refractivity contribution in [2.75, 3.05) is 26.7 Å². The number of rotatable bonds is 3. The Hall–Kier alpha value is -2.02. The number of likely N-dealkylation sites (N-methyl/N-ethyl adjacent to an activating group) is 1. The molecule has 22 heavy (non-hydrogen) atoms. The lowest BCUT2D eigenvalue weighted by Crippen LogP contribution is -2.61. The third-order valence-corrected chi connectivity index (χ3v) is 3.95. The molecule has 2 rings (SSSR count). The number of amides is 2. The zero-order chi connectivity index (χ0) is 16.3. The van der Waals surface area contributed by atoms with E-state index in [1.54, 1.807) is 18.1 Å². The van der Waals surface area contributed by atoms with E-state index in [1.165, 1.54) is 6.20 Å². The standard InChI is InChI=1S/C15H23N5O2/c1-10(2)19-5-6-20(13(9-19)14(21)16-4)15(22)12-8-17-11(3)7-18-12/h7-8,10,13H,5-6,9H2,1-4H3,(H,16,21)/t13-/m1/s1. The number of nitrogens with zero attached hydrogens (tertiary/aromatic N) is 4. The fourth-order valence-corrected chi connectivity index (χ4v) is 2.56. The van der Waals surface area contributed by atoms with Crippen LogP contribution >= 0.6 is 0 Å². The zero-order valence-corrected chi connectivity index (χ0v) is 13.5. The smallest absolute Gasteiger partial charge is 0.274 e. The molecule has 0 radical (unpaired) electrons. The van der Waals surface area contributed by atoms with Gasteiger partial charge < -0.3 is 10.2 Å². The SMILES string of the molecule is CNC(=O)[C@H]1CN(C(C)C)CCN1C(=O)c1cnc(C)cn1. The number of hydrogen-bond acceptors (Lipinski definition) is 5. The molecule has 2 amide bonds. The van der Waals surface area contributed by atoms with Gasteiger partial charge in [-0.25, -0.2) is 4.98 Å². The predicted molar refractivity (Wildman–Crippen MR) is 82.4 cm³/mol. The maximum absolute atomic E-state index is 12.6. The maximum atomic E-state index is 12.6. The zero-order valence-electron chi connectivity index (χ0n) is 13.5. The molecule has 1 N–H and O–H groups in total. The summed E-state index contributed by atoms with van der Waals surface area (Å²) in [7, 11) is 1.59. The van der Waals surface area contributed by atoms with Gasteiger partial charge in [0.2, 0.25) is 5.91 Å². The summed E-state index contributed by atoms with van der Waals surface area (Å²) in [5.74, 6) is -0.400. The molecular weight excluding hydrogens is 282 g/mol. The van der Waals surface area contributed by atoms with E-state index < -0.39 is 6.04 Å². The number of aryl methyl sites for hydroxylation is 1. The van der Waals surface area contributed by atoms with E-state index in [0.717, 1.165) is 12.2 Å². The Morgan fingerprint density at radius 1 is 1.27 bits per heavy atom. The van der Waals surface area contributed by atoms with Crippen molar-refractivity contribution in [3.63, 3.8) is 0 Å². The molecule has 1 fully saturated rings. The highest BCUT2D eigenvalue weighted by molar-refractivity contribution is 5.96. The topological polar surface area (TPSA) is 78.4 Å². The molecule has 0 aliphatic carbocycles. The second-order valence-corrected chi connectivity index (χ2v) is 5.76. The van der Waals surface area contributed by atoms with Crippen LogP contribution in [0.2, 0.25) is 0 Å². The number of hydrogen-bond donors (Lipinski definition) is 1. The van der Waals surface area contributed by atoms with Crippen molar-refractivity contribution in [3.8, 4) is 0 Å². The van der Waals surface area contributed by atoms with Crippen molar-refractivity contribution in [2.24, 2.45) is 0 Å². The molecule has 1 atom stereocenters. The second-order valence-electron chi connectivity index (χ2n) is 5.76. The Bertz CT molecular complexity index is 543. The van der Waals surface area contributed by atoms with Gasteiger partial charge in [0.1, 0.15) is 11.7 Å². The van der Waals surface area contributed by atoms with Crippen LogP contribution in [0, 0.1) is 6.92 Å². The van der Waals surface area contributed by atoms with Crippen molar-refractivity contribution in [1.82, 2.24) is 25.1 Å². The summed E-state index contributed by atoms with van der Waals surface area (Å²) in [6, 6.07) is -0.166. The number of aromatic nitrogens is 2. The molecule has 0 unspecified atom stereocenters. The molecule has 120 valence electrons. The second kappa shape index (κ2) is 6.83. The Balaban J connectivity index is 2.21. The molecule has 0 bridgehead atoms. The van der Waals surface area contributed by atoms with E-state index in [2.05, 4.69) is 34.0 Å².